The maximum absolute atomic E-state index is 11.0. The maximum Gasteiger partial charge on any atom is 0.307 e. The van der Waals surface area contributed by atoms with E-state index < -0.39 is 5.97 Å². The van der Waals surface area contributed by atoms with Gasteiger partial charge in [0.15, 0.2) is 0 Å². The quantitative estimate of drug-likeness (QED) is 0.847. The Morgan fingerprint density at radius 3 is 2.59 bits per heavy atom. The van der Waals surface area contributed by atoms with Crippen LogP contribution in [0.5, 0.6) is 0 Å². The normalized spacial score (nSPS) is 10.0. The first-order valence-electron chi connectivity index (χ1n) is 5.09. The lowest BCUT2D eigenvalue weighted by atomic mass is 10.0. The molecule has 1 N–H and O–H groups in total. The van der Waals surface area contributed by atoms with Gasteiger partial charge in [-0.3, -0.25) is 9.59 Å². The van der Waals surface area contributed by atoms with Crippen molar-refractivity contribution in [2.45, 2.75) is 19.3 Å². The molecule has 0 amide bonds. The highest BCUT2D eigenvalue weighted by Gasteiger charge is 2.10. The molecule has 4 nitrogen and oxygen atoms in total. The molecule has 5 heteroatoms. The molecule has 1 rings (SSSR count). The molecule has 0 aromatic heterocycles. The van der Waals surface area contributed by atoms with E-state index in [1.54, 1.807) is 12.1 Å². The van der Waals surface area contributed by atoms with E-state index in [2.05, 4.69) is 20.7 Å². The SMILES string of the molecule is COC(=O)CCc1cccc(CC(=O)O)c1Br. The topological polar surface area (TPSA) is 63.6 Å². The van der Waals surface area contributed by atoms with Gasteiger partial charge < -0.3 is 9.84 Å². The molecule has 0 aliphatic rings. The fraction of sp³-hybridized carbons (Fsp3) is 0.333. The van der Waals surface area contributed by atoms with Crippen LogP contribution >= 0.6 is 15.9 Å². The highest BCUT2D eigenvalue weighted by molar-refractivity contribution is 9.10. The van der Waals surface area contributed by atoms with Gasteiger partial charge >= 0.3 is 11.9 Å². The first-order chi connectivity index (χ1) is 8.04. The van der Waals surface area contributed by atoms with Crippen molar-refractivity contribution in [3.05, 3.63) is 33.8 Å². The number of methoxy groups -OCH3 is 1. The molecule has 0 aliphatic carbocycles. The molecule has 0 unspecified atom stereocenters. The molecule has 1 aromatic rings. The van der Waals surface area contributed by atoms with Crippen molar-refractivity contribution in [1.82, 2.24) is 0 Å². The summed E-state index contributed by atoms with van der Waals surface area (Å²) in [6.45, 7) is 0. The third-order valence-corrected chi connectivity index (χ3v) is 3.35. The molecule has 0 fully saturated rings. The van der Waals surface area contributed by atoms with Crippen LogP contribution in [0, 0.1) is 0 Å². The molecule has 0 heterocycles. The number of esters is 1. The van der Waals surface area contributed by atoms with Gasteiger partial charge in [-0.05, 0) is 17.5 Å². The number of ether oxygens (including phenoxy) is 1. The lowest BCUT2D eigenvalue weighted by molar-refractivity contribution is -0.140. The van der Waals surface area contributed by atoms with E-state index in [0.717, 1.165) is 10.0 Å². The summed E-state index contributed by atoms with van der Waals surface area (Å²) in [4.78, 5) is 21.7. The summed E-state index contributed by atoms with van der Waals surface area (Å²) in [5.41, 5.74) is 1.62. The summed E-state index contributed by atoms with van der Waals surface area (Å²) in [6, 6.07) is 5.40. The summed E-state index contributed by atoms with van der Waals surface area (Å²) >= 11 is 3.37. The average Bonchev–Trinajstić information content (AvgIpc) is 2.29. The fourth-order valence-electron chi connectivity index (χ4n) is 1.46. The van der Waals surface area contributed by atoms with Gasteiger partial charge in [0.05, 0.1) is 13.5 Å². The number of hydrogen-bond donors (Lipinski definition) is 1. The summed E-state index contributed by atoms with van der Waals surface area (Å²) in [5.74, 6) is -1.16. The number of carbonyl (C=O) groups is 2. The largest absolute Gasteiger partial charge is 0.481 e. The third-order valence-electron chi connectivity index (χ3n) is 2.33. The number of benzene rings is 1. The van der Waals surface area contributed by atoms with Crippen molar-refractivity contribution in [1.29, 1.82) is 0 Å². The van der Waals surface area contributed by atoms with Crippen molar-refractivity contribution >= 4 is 27.9 Å². The van der Waals surface area contributed by atoms with Gasteiger partial charge in [-0.15, -0.1) is 0 Å². The summed E-state index contributed by atoms with van der Waals surface area (Å²) in [5, 5.41) is 8.74. The minimum absolute atomic E-state index is 0.0351. The van der Waals surface area contributed by atoms with Gasteiger partial charge in [-0.1, -0.05) is 34.1 Å². The Bertz CT molecular complexity index is 429. The molecule has 0 bridgehead atoms. The standard InChI is InChI=1S/C12H13BrO4/c1-17-11(16)6-5-8-3-2-4-9(12(8)13)7-10(14)15/h2-4H,5-7H2,1H3,(H,14,15). The van der Waals surface area contributed by atoms with Gasteiger partial charge in [0.2, 0.25) is 0 Å². The van der Waals surface area contributed by atoms with Crippen LogP contribution < -0.4 is 0 Å². The van der Waals surface area contributed by atoms with Gasteiger partial charge in [0.25, 0.3) is 0 Å². The second-order valence-corrected chi connectivity index (χ2v) is 4.33. The second kappa shape index (κ2) is 6.39. The molecule has 0 radical (unpaired) electrons. The Kier molecular flexibility index (Phi) is 5.15. The number of halogens is 1. The molecule has 0 aliphatic heterocycles. The number of carbonyl (C=O) groups excluding carboxylic acids is 1. The van der Waals surface area contributed by atoms with E-state index in [-0.39, 0.29) is 18.8 Å². The highest BCUT2D eigenvalue weighted by Crippen LogP contribution is 2.23. The molecule has 1 aromatic carbocycles. The van der Waals surface area contributed by atoms with Gasteiger partial charge in [0.1, 0.15) is 0 Å². The lowest BCUT2D eigenvalue weighted by Crippen LogP contribution is -2.05. The number of aryl methyl sites for hydroxylation is 1. The first kappa shape index (κ1) is 13.7. The molecule has 92 valence electrons. The van der Waals surface area contributed by atoms with E-state index in [1.165, 1.54) is 7.11 Å². The number of rotatable bonds is 5. The van der Waals surface area contributed by atoms with Crippen LogP contribution in [0.25, 0.3) is 0 Å². The Labute approximate surface area is 108 Å². The van der Waals surface area contributed by atoms with Crippen molar-refractivity contribution in [3.63, 3.8) is 0 Å². The Balaban J connectivity index is 2.79. The van der Waals surface area contributed by atoms with Crippen LogP contribution in [-0.4, -0.2) is 24.2 Å². The molecule has 0 saturated carbocycles. The van der Waals surface area contributed by atoms with E-state index in [9.17, 15) is 9.59 Å². The lowest BCUT2D eigenvalue weighted by Gasteiger charge is -2.07. The first-order valence-corrected chi connectivity index (χ1v) is 5.88. The van der Waals surface area contributed by atoms with Crippen LogP contribution in [0.3, 0.4) is 0 Å². The summed E-state index contributed by atoms with van der Waals surface area (Å²) in [7, 11) is 1.35. The predicted molar refractivity (Wildman–Crippen MR) is 65.8 cm³/mol. The van der Waals surface area contributed by atoms with E-state index in [0.29, 0.717) is 12.0 Å². The fourth-order valence-corrected chi connectivity index (χ4v) is 2.07. The van der Waals surface area contributed by atoms with Gasteiger partial charge in [0, 0.05) is 10.9 Å². The van der Waals surface area contributed by atoms with Gasteiger partial charge in [-0.25, -0.2) is 0 Å². The van der Waals surface area contributed by atoms with Crippen molar-refractivity contribution in [3.8, 4) is 0 Å². The zero-order valence-corrected chi connectivity index (χ0v) is 11.0. The number of carboxylic acids is 1. The third kappa shape index (κ3) is 4.19. The zero-order chi connectivity index (χ0) is 12.8. The molecular weight excluding hydrogens is 288 g/mol. The number of hydrogen-bond acceptors (Lipinski definition) is 3. The Hall–Kier alpha value is -1.36. The second-order valence-electron chi connectivity index (χ2n) is 3.54. The number of aliphatic carboxylic acids is 1. The van der Waals surface area contributed by atoms with Crippen LogP contribution in [-0.2, 0) is 27.2 Å². The van der Waals surface area contributed by atoms with E-state index in [4.69, 9.17) is 5.11 Å². The molecule has 0 spiro atoms. The van der Waals surface area contributed by atoms with Crippen molar-refractivity contribution < 1.29 is 19.4 Å². The molecule has 0 saturated heterocycles. The summed E-state index contributed by atoms with van der Waals surface area (Å²) < 4.78 is 5.31. The molecule has 17 heavy (non-hydrogen) atoms. The Morgan fingerprint density at radius 2 is 2.00 bits per heavy atom. The molecule has 0 atom stereocenters. The smallest absolute Gasteiger partial charge is 0.307 e. The Morgan fingerprint density at radius 1 is 1.35 bits per heavy atom. The van der Waals surface area contributed by atoms with Gasteiger partial charge in [-0.2, -0.15) is 0 Å². The average molecular weight is 301 g/mol. The van der Waals surface area contributed by atoms with Crippen LogP contribution in [0.1, 0.15) is 17.5 Å². The molecular formula is C12H13BrO4. The maximum atomic E-state index is 11.0. The van der Waals surface area contributed by atoms with E-state index >= 15 is 0 Å². The van der Waals surface area contributed by atoms with E-state index in [1.807, 2.05) is 6.07 Å². The zero-order valence-electron chi connectivity index (χ0n) is 9.40. The van der Waals surface area contributed by atoms with Crippen molar-refractivity contribution in [2.24, 2.45) is 0 Å². The van der Waals surface area contributed by atoms with Crippen molar-refractivity contribution in [2.75, 3.05) is 7.11 Å². The number of carboxylic acid groups (broad SMARTS) is 1. The van der Waals surface area contributed by atoms with Crippen LogP contribution in [0.4, 0.5) is 0 Å². The monoisotopic (exact) mass is 300 g/mol. The minimum Gasteiger partial charge on any atom is -0.481 e. The van der Waals surface area contributed by atoms with Crippen LogP contribution in [0.2, 0.25) is 0 Å². The summed E-state index contributed by atoms with van der Waals surface area (Å²) in [6.07, 6.45) is 0.777. The van der Waals surface area contributed by atoms with Crippen LogP contribution in [0.15, 0.2) is 22.7 Å². The highest BCUT2D eigenvalue weighted by atomic mass is 79.9. The predicted octanol–water partition coefficient (Wildman–Crippen LogP) is 2.18. The minimum atomic E-state index is -0.879.